The zero-order chi connectivity index (χ0) is 23.6. The van der Waals surface area contributed by atoms with Crippen molar-refractivity contribution in [3.05, 3.63) is 89.1 Å². The SMILES string of the molecule is CSc1ccc(C(=O)Nc2ccc(Cl)c(-c3ccn[nH]3)c2)c(-c2ccc(C(F)(F)F)cc2)c1. The number of amides is 1. The first-order valence-corrected chi connectivity index (χ1v) is 11.3. The van der Waals surface area contributed by atoms with E-state index in [1.807, 2.05) is 6.26 Å². The summed E-state index contributed by atoms with van der Waals surface area (Å²) in [4.78, 5) is 14.0. The Labute approximate surface area is 197 Å². The minimum atomic E-state index is -4.43. The van der Waals surface area contributed by atoms with E-state index in [-0.39, 0.29) is 0 Å². The summed E-state index contributed by atoms with van der Waals surface area (Å²) in [5, 5.41) is 10.1. The van der Waals surface area contributed by atoms with Gasteiger partial charge in [-0.2, -0.15) is 18.3 Å². The molecule has 1 heterocycles. The van der Waals surface area contributed by atoms with Crippen LogP contribution in [0.3, 0.4) is 0 Å². The normalized spacial score (nSPS) is 11.4. The molecule has 2 N–H and O–H groups in total. The molecular formula is C24H17ClF3N3OS. The van der Waals surface area contributed by atoms with E-state index in [2.05, 4.69) is 15.5 Å². The highest BCUT2D eigenvalue weighted by molar-refractivity contribution is 7.98. The van der Waals surface area contributed by atoms with Crippen LogP contribution < -0.4 is 5.32 Å². The molecule has 4 rings (SSSR count). The van der Waals surface area contributed by atoms with Crippen molar-refractivity contribution in [1.82, 2.24) is 10.2 Å². The second kappa shape index (κ2) is 9.33. The van der Waals surface area contributed by atoms with Gasteiger partial charge in [0, 0.05) is 27.9 Å². The molecule has 0 aliphatic heterocycles. The smallest absolute Gasteiger partial charge is 0.322 e. The molecule has 0 aliphatic carbocycles. The number of hydrogen-bond donors (Lipinski definition) is 2. The molecule has 0 saturated carbocycles. The molecular weight excluding hydrogens is 471 g/mol. The topological polar surface area (TPSA) is 57.8 Å². The Morgan fingerprint density at radius 1 is 1.00 bits per heavy atom. The van der Waals surface area contributed by atoms with Crippen LogP contribution in [0.2, 0.25) is 5.02 Å². The molecule has 1 aromatic heterocycles. The van der Waals surface area contributed by atoms with Crippen LogP contribution in [0.1, 0.15) is 15.9 Å². The minimum Gasteiger partial charge on any atom is -0.322 e. The van der Waals surface area contributed by atoms with E-state index >= 15 is 0 Å². The predicted octanol–water partition coefficient (Wildman–Crippen LogP) is 7.39. The van der Waals surface area contributed by atoms with E-state index in [9.17, 15) is 18.0 Å². The van der Waals surface area contributed by atoms with Crippen molar-refractivity contribution in [2.45, 2.75) is 11.1 Å². The van der Waals surface area contributed by atoms with E-state index in [1.54, 1.807) is 48.7 Å². The predicted molar refractivity (Wildman–Crippen MR) is 126 cm³/mol. The van der Waals surface area contributed by atoms with Gasteiger partial charge in [0.25, 0.3) is 5.91 Å². The Morgan fingerprint density at radius 3 is 2.39 bits per heavy atom. The van der Waals surface area contributed by atoms with Gasteiger partial charge in [0.1, 0.15) is 0 Å². The maximum atomic E-state index is 13.2. The summed E-state index contributed by atoms with van der Waals surface area (Å²) in [6, 6.07) is 16.9. The average molecular weight is 488 g/mol. The highest BCUT2D eigenvalue weighted by Crippen LogP contribution is 2.34. The number of hydrogen-bond acceptors (Lipinski definition) is 3. The van der Waals surface area contributed by atoms with Crippen LogP contribution in [-0.4, -0.2) is 22.4 Å². The Kier molecular flexibility index (Phi) is 6.49. The first-order valence-electron chi connectivity index (χ1n) is 9.72. The molecule has 4 nitrogen and oxygen atoms in total. The second-order valence-corrected chi connectivity index (χ2v) is 8.39. The van der Waals surface area contributed by atoms with Crippen molar-refractivity contribution in [2.24, 2.45) is 0 Å². The standard InChI is InChI=1S/C24H17ClF3N3OS/c1-33-17-7-8-18(19(13-17)14-2-4-15(5-3-14)24(26,27)28)23(32)30-16-6-9-21(25)20(12-16)22-10-11-29-31-22/h2-13H,1H3,(H,29,31)(H,30,32). The lowest BCUT2D eigenvalue weighted by atomic mass is 9.98. The second-order valence-electron chi connectivity index (χ2n) is 7.11. The Balaban J connectivity index is 1.68. The number of thioether (sulfide) groups is 1. The van der Waals surface area contributed by atoms with Gasteiger partial charge in [-0.3, -0.25) is 9.89 Å². The van der Waals surface area contributed by atoms with E-state index in [1.165, 1.54) is 23.9 Å². The number of anilines is 1. The monoisotopic (exact) mass is 487 g/mol. The fraction of sp³-hybridized carbons (Fsp3) is 0.0833. The molecule has 0 bridgehead atoms. The number of alkyl halides is 3. The van der Waals surface area contributed by atoms with Gasteiger partial charge < -0.3 is 5.32 Å². The zero-order valence-electron chi connectivity index (χ0n) is 17.2. The average Bonchev–Trinajstić information content (AvgIpc) is 3.34. The van der Waals surface area contributed by atoms with Crippen LogP contribution in [-0.2, 0) is 6.18 Å². The van der Waals surface area contributed by atoms with Gasteiger partial charge in [-0.05, 0) is 72.0 Å². The molecule has 33 heavy (non-hydrogen) atoms. The van der Waals surface area contributed by atoms with Gasteiger partial charge in [-0.25, -0.2) is 0 Å². The molecule has 3 aromatic carbocycles. The van der Waals surface area contributed by atoms with Crippen molar-refractivity contribution < 1.29 is 18.0 Å². The molecule has 0 spiro atoms. The third-order valence-corrected chi connectivity index (χ3v) is 6.06. The fourth-order valence-corrected chi connectivity index (χ4v) is 4.00. The summed E-state index contributed by atoms with van der Waals surface area (Å²) >= 11 is 7.76. The highest BCUT2D eigenvalue weighted by atomic mass is 35.5. The molecule has 0 aliphatic rings. The van der Waals surface area contributed by atoms with Crippen molar-refractivity contribution >= 4 is 35.0 Å². The Bertz CT molecular complexity index is 1290. The van der Waals surface area contributed by atoms with Crippen molar-refractivity contribution in [3.8, 4) is 22.4 Å². The summed E-state index contributed by atoms with van der Waals surface area (Å²) < 4.78 is 38.9. The number of aromatic amines is 1. The fourth-order valence-electron chi connectivity index (χ4n) is 3.34. The largest absolute Gasteiger partial charge is 0.416 e. The molecule has 9 heteroatoms. The Morgan fingerprint density at radius 2 is 1.76 bits per heavy atom. The van der Waals surface area contributed by atoms with Gasteiger partial charge in [-0.1, -0.05) is 23.7 Å². The molecule has 0 radical (unpaired) electrons. The number of nitrogens with zero attached hydrogens (tertiary/aromatic N) is 1. The van der Waals surface area contributed by atoms with E-state index < -0.39 is 17.6 Å². The van der Waals surface area contributed by atoms with E-state index in [0.717, 1.165) is 17.0 Å². The lowest BCUT2D eigenvalue weighted by molar-refractivity contribution is -0.137. The lowest BCUT2D eigenvalue weighted by Gasteiger charge is -2.14. The molecule has 0 saturated heterocycles. The number of benzene rings is 3. The maximum absolute atomic E-state index is 13.2. The minimum absolute atomic E-state index is 0.339. The Hall–Kier alpha value is -3.23. The van der Waals surface area contributed by atoms with Gasteiger partial charge in [0.15, 0.2) is 0 Å². The first-order chi connectivity index (χ1) is 15.8. The molecule has 0 unspecified atom stereocenters. The maximum Gasteiger partial charge on any atom is 0.416 e. The number of carbonyl (C=O) groups excluding carboxylic acids is 1. The molecule has 0 atom stereocenters. The van der Waals surface area contributed by atoms with Crippen LogP contribution in [0.15, 0.2) is 77.8 Å². The van der Waals surface area contributed by atoms with Crippen LogP contribution in [0.5, 0.6) is 0 Å². The summed E-state index contributed by atoms with van der Waals surface area (Å²) in [7, 11) is 0. The number of carbonyl (C=O) groups is 1. The number of rotatable bonds is 5. The van der Waals surface area contributed by atoms with Gasteiger partial charge in [0.2, 0.25) is 0 Å². The zero-order valence-corrected chi connectivity index (χ0v) is 18.8. The van der Waals surface area contributed by atoms with Crippen LogP contribution in [0, 0.1) is 0 Å². The molecule has 4 aromatic rings. The van der Waals surface area contributed by atoms with Gasteiger partial charge in [0.05, 0.1) is 16.3 Å². The number of aromatic nitrogens is 2. The summed E-state index contributed by atoms with van der Waals surface area (Å²) in [5.41, 5.74) is 2.53. The van der Waals surface area contributed by atoms with E-state index in [4.69, 9.17) is 11.6 Å². The van der Waals surface area contributed by atoms with Crippen molar-refractivity contribution in [1.29, 1.82) is 0 Å². The number of H-pyrrole nitrogens is 1. The van der Waals surface area contributed by atoms with Crippen LogP contribution >= 0.6 is 23.4 Å². The summed E-state index contributed by atoms with van der Waals surface area (Å²) in [6.45, 7) is 0. The number of nitrogens with one attached hydrogen (secondary N) is 2. The van der Waals surface area contributed by atoms with E-state index in [0.29, 0.717) is 38.7 Å². The number of halogens is 4. The van der Waals surface area contributed by atoms with Gasteiger partial charge in [-0.15, -0.1) is 11.8 Å². The quantitative estimate of drug-likeness (QED) is 0.288. The van der Waals surface area contributed by atoms with Crippen molar-refractivity contribution in [3.63, 3.8) is 0 Å². The highest BCUT2D eigenvalue weighted by Gasteiger charge is 2.30. The summed E-state index contributed by atoms with van der Waals surface area (Å²) in [6.07, 6.45) is -0.947. The lowest BCUT2D eigenvalue weighted by Crippen LogP contribution is -2.13. The van der Waals surface area contributed by atoms with Crippen LogP contribution in [0.4, 0.5) is 18.9 Å². The first kappa shape index (κ1) is 22.9. The van der Waals surface area contributed by atoms with Gasteiger partial charge >= 0.3 is 6.18 Å². The van der Waals surface area contributed by atoms with Crippen LogP contribution in [0.25, 0.3) is 22.4 Å². The molecule has 1 amide bonds. The third-order valence-electron chi connectivity index (χ3n) is 5.01. The third kappa shape index (κ3) is 5.07. The molecule has 0 fully saturated rings. The molecule has 168 valence electrons. The summed E-state index contributed by atoms with van der Waals surface area (Å²) in [5.74, 6) is -0.393. The van der Waals surface area contributed by atoms with Crippen molar-refractivity contribution in [2.75, 3.05) is 11.6 Å².